The van der Waals surface area contributed by atoms with Crippen molar-refractivity contribution in [3.63, 3.8) is 0 Å². The minimum Gasteiger partial charge on any atom is -0.508 e. The highest BCUT2D eigenvalue weighted by Gasteiger charge is 2.31. The Kier molecular flexibility index (Phi) is 7.70. The van der Waals surface area contributed by atoms with Gasteiger partial charge in [-0.15, -0.1) is 25.6 Å². The quantitative estimate of drug-likeness (QED) is 0.705. The van der Waals surface area contributed by atoms with Gasteiger partial charge in [-0.3, -0.25) is 0 Å². The second-order valence-corrected chi connectivity index (χ2v) is 4.16. The van der Waals surface area contributed by atoms with Crippen molar-refractivity contribution in [2.75, 3.05) is 6.54 Å². The largest absolute Gasteiger partial charge is 0.573 e. The lowest BCUT2D eigenvalue weighted by molar-refractivity contribution is -0.274. The van der Waals surface area contributed by atoms with E-state index in [4.69, 9.17) is 11.5 Å². The Morgan fingerprint density at radius 2 is 1.90 bits per heavy atom. The van der Waals surface area contributed by atoms with Gasteiger partial charge in [-0.2, -0.15) is 0 Å². The maximum absolute atomic E-state index is 12.1. The first-order valence-electron chi connectivity index (χ1n) is 5.88. The monoisotopic (exact) mass is 314 g/mol. The van der Waals surface area contributed by atoms with E-state index in [0.717, 1.165) is 31.0 Å². The molecule has 0 spiro atoms. The molecule has 4 nitrogen and oxygen atoms in total. The first-order valence-corrected chi connectivity index (χ1v) is 5.88. The van der Waals surface area contributed by atoms with E-state index in [1.807, 2.05) is 0 Å². The van der Waals surface area contributed by atoms with Gasteiger partial charge in [0.05, 0.1) is 0 Å². The number of halogens is 4. The molecule has 20 heavy (non-hydrogen) atoms. The van der Waals surface area contributed by atoms with Gasteiger partial charge in [-0.05, 0) is 37.6 Å². The van der Waals surface area contributed by atoms with Crippen LogP contribution in [0.15, 0.2) is 18.2 Å². The van der Waals surface area contributed by atoms with Gasteiger partial charge in [0.25, 0.3) is 0 Å². The van der Waals surface area contributed by atoms with Gasteiger partial charge in [0, 0.05) is 11.6 Å². The molecule has 1 rings (SSSR count). The number of benzene rings is 1. The number of hydrogen-bond donors (Lipinski definition) is 3. The summed E-state index contributed by atoms with van der Waals surface area (Å²) in [7, 11) is 0. The number of hydrogen-bond acceptors (Lipinski definition) is 4. The van der Waals surface area contributed by atoms with Crippen molar-refractivity contribution in [1.29, 1.82) is 0 Å². The van der Waals surface area contributed by atoms with Crippen LogP contribution in [0, 0.1) is 0 Å². The molecule has 0 fully saturated rings. The highest BCUT2D eigenvalue weighted by atomic mass is 35.5. The number of nitrogens with two attached hydrogens (primary N) is 2. The summed E-state index contributed by atoms with van der Waals surface area (Å²) in [5.41, 5.74) is 11.4. The third-order valence-electron chi connectivity index (χ3n) is 2.60. The minimum absolute atomic E-state index is 0. The van der Waals surface area contributed by atoms with Crippen LogP contribution in [0.4, 0.5) is 13.2 Å². The predicted molar refractivity (Wildman–Crippen MR) is 71.9 cm³/mol. The first-order chi connectivity index (χ1) is 8.83. The molecule has 0 aromatic heterocycles. The zero-order chi connectivity index (χ0) is 14.5. The lowest BCUT2D eigenvalue weighted by Crippen LogP contribution is -2.18. The van der Waals surface area contributed by atoms with Crippen LogP contribution < -0.4 is 16.2 Å². The molecule has 116 valence electrons. The van der Waals surface area contributed by atoms with Gasteiger partial charge >= 0.3 is 6.36 Å². The average molecular weight is 315 g/mol. The summed E-state index contributed by atoms with van der Waals surface area (Å²) in [5, 5.41) is 9.62. The molecular formula is C12H18ClF3N2O2. The van der Waals surface area contributed by atoms with Crippen LogP contribution in [0.1, 0.15) is 30.9 Å². The highest BCUT2D eigenvalue weighted by molar-refractivity contribution is 5.85. The van der Waals surface area contributed by atoms with E-state index >= 15 is 0 Å². The van der Waals surface area contributed by atoms with Crippen molar-refractivity contribution in [3.8, 4) is 11.5 Å². The van der Waals surface area contributed by atoms with E-state index < -0.39 is 18.2 Å². The predicted octanol–water partition coefficient (Wildman–Crippen LogP) is 2.84. The summed E-state index contributed by atoms with van der Waals surface area (Å²) >= 11 is 0. The van der Waals surface area contributed by atoms with Gasteiger partial charge in [-0.25, -0.2) is 0 Å². The number of phenols is 1. The maximum Gasteiger partial charge on any atom is 0.573 e. The molecule has 0 radical (unpaired) electrons. The van der Waals surface area contributed by atoms with Crippen LogP contribution in [0.2, 0.25) is 0 Å². The molecule has 1 atom stereocenters. The lowest BCUT2D eigenvalue weighted by Gasteiger charge is -2.16. The molecule has 0 aliphatic heterocycles. The van der Waals surface area contributed by atoms with Crippen molar-refractivity contribution >= 4 is 12.4 Å². The topological polar surface area (TPSA) is 81.5 Å². The maximum atomic E-state index is 12.1. The highest BCUT2D eigenvalue weighted by Crippen LogP contribution is 2.32. The molecule has 0 unspecified atom stereocenters. The fourth-order valence-electron chi connectivity index (χ4n) is 1.69. The summed E-state index contributed by atoms with van der Waals surface area (Å²) in [6, 6.07) is 2.73. The Hall–Kier alpha value is -1.18. The number of alkyl halides is 3. The molecular weight excluding hydrogens is 297 g/mol. The standard InChI is InChI=1S/C12H17F3N2O2.ClH/c13-12(14,15)19-8-4-5-11(18)9(7-8)10(17)3-1-2-6-16;/h4-5,7,10,18H,1-3,6,16-17H2;1H/t10-;/m0./s1. The fraction of sp³-hybridized carbons (Fsp3) is 0.500. The minimum atomic E-state index is -4.77. The smallest absolute Gasteiger partial charge is 0.508 e. The van der Waals surface area contributed by atoms with E-state index in [-0.39, 0.29) is 23.7 Å². The van der Waals surface area contributed by atoms with Crippen LogP contribution in [0.5, 0.6) is 11.5 Å². The number of aromatic hydroxyl groups is 1. The molecule has 0 aliphatic carbocycles. The Balaban J connectivity index is 0.00000361. The van der Waals surface area contributed by atoms with Gasteiger partial charge < -0.3 is 21.3 Å². The Morgan fingerprint density at radius 3 is 2.45 bits per heavy atom. The number of unbranched alkanes of at least 4 members (excludes halogenated alkanes) is 1. The third kappa shape index (κ3) is 6.31. The van der Waals surface area contributed by atoms with E-state index in [9.17, 15) is 18.3 Å². The molecule has 0 heterocycles. The fourth-order valence-corrected chi connectivity index (χ4v) is 1.69. The number of rotatable bonds is 6. The van der Waals surface area contributed by atoms with Gasteiger partial charge in [-0.1, -0.05) is 6.42 Å². The summed E-state index contributed by atoms with van der Waals surface area (Å²) in [5.74, 6) is -0.538. The van der Waals surface area contributed by atoms with Gasteiger partial charge in [0.15, 0.2) is 0 Å². The van der Waals surface area contributed by atoms with E-state index in [1.54, 1.807) is 0 Å². The van der Waals surface area contributed by atoms with Crippen molar-refractivity contribution < 1.29 is 23.0 Å². The van der Waals surface area contributed by atoms with Crippen LogP contribution in [-0.4, -0.2) is 18.0 Å². The second kappa shape index (κ2) is 8.18. The van der Waals surface area contributed by atoms with Crippen LogP contribution in [0.3, 0.4) is 0 Å². The van der Waals surface area contributed by atoms with Crippen LogP contribution in [-0.2, 0) is 0 Å². The summed E-state index contributed by atoms with van der Waals surface area (Å²) in [6.07, 6.45) is -2.73. The Morgan fingerprint density at radius 1 is 1.25 bits per heavy atom. The Bertz CT molecular complexity index is 416. The van der Waals surface area contributed by atoms with Crippen molar-refractivity contribution in [1.82, 2.24) is 0 Å². The Labute approximate surface area is 121 Å². The normalized spacial score (nSPS) is 12.7. The van der Waals surface area contributed by atoms with Crippen molar-refractivity contribution in [3.05, 3.63) is 23.8 Å². The summed E-state index contributed by atoms with van der Waals surface area (Å²) < 4.78 is 40.1. The molecule has 5 N–H and O–H groups in total. The zero-order valence-corrected chi connectivity index (χ0v) is 11.5. The van der Waals surface area contributed by atoms with E-state index in [2.05, 4.69) is 4.74 Å². The van der Waals surface area contributed by atoms with E-state index in [1.165, 1.54) is 0 Å². The number of ether oxygens (including phenoxy) is 1. The lowest BCUT2D eigenvalue weighted by atomic mass is 10.0. The average Bonchev–Trinajstić information content (AvgIpc) is 2.30. The molecule has 0 saturated heterocycles. The van der Waals surface area contributed by atoms with Gasteiger partial charge in [0.1, 0.15) is 11.5 Å². The molecule has 0 aliphatic rings. The molecule has 0 saturated carbocycles. The van der Waals surface area contributed by atoms with Crippen LogP contribution >= 0.6 is 12.4 Å². The number of phenolic OH excluding ortho intramolecular Hbond substituents is 1. The zero-order valence-electron chi connectivity index (χ0n) is 10.7. The van der Waals surface area contributed by atoms with Crippen LogP contribution in [0.25, 0.3) is 0 Å². The van der Waals surface area contributed by atoms with E-state index in [0.29, 0.717) is 13.0 Å². The molecule has 0 bridgehead atoms. The second-order valence-electron chi connectivity index (χ2n) is 4.16. The first kappa shape index (κ1) is 18.8. The summed E-state index contributed by atoms with van der Waals surface area (Å²) in [6.45, 7) is 0.524. The molecule has 8 heteroatoms. The van der Waals surface area contributed by atoms with Gasteiger partial charge in [0.2, 0.25) is 0 Å². The van der Waals surface area contributed by atoms with Crippen molar-refractivity contribution in [2.45, 2.75) is 31.7 Å². The molecule has 1 aromatic rings. The summed E-state index contributed by atoms with van der Waals surface area (Å²) in [4.78, 5) is 0. The van der Waals surface area contributed by atoms with Crippen molar-refractivity contribution in [2.24, 2.45) is 11.5 Å². The SMILES string of the molecule is Cl.NCCCC[C@H](N)c1cc(OC(F)(F)F)ccc1O. The molecule has 1 aromatic carbocycles. The third-order valence-corrected chi connectivity index (χ3v) is 2.60. The molecule has 0 amide bonds.